The minimum absolute atomic E-state index is 0.0411. The fourth-order valence-corrected chi connectivity index (χ4v) is 3.36. The Kier molecular flexibility index (Phi) is 5.49. The number of benzene rings is 1. The van der Waals surface area contributed by atoms with Gasteiger partial charge in [0.05, 0.1) is 16.2 Å². The van der Waals surface area contributed by atoms with E-state index >= 15 is 0 Å². The third kappa shape index (κ3) is 3.76. The number of carbonyl (C=O) groups is 1. The van der Waals surface area contributed by atoms with Crippen molar-refractivity contribution >= 4 is 40.2 Å². The predicted molar refractivity (Wildman–Crippen MR) is 95.2 cm³/mol. The molecule has 0 fully saturated rings. The van der Waals surface area contributed by atoms with Crippen molar-refractivity contribution in [3.8, 4) is 0 Å². The van der Waals surface area contributed by atoms with E-state index < -0.39 is 0 Å². The van der Waals surface area contributed by atoms with Gasteiger partial charge in [-0.05, 0) is 25.1 Å². The summed E-state index contributed by atoms with van der Waals surface area (Å²) in [5, 5.41) is 1.13. The number of nitrogens with zero attached hydrogens (tertiary/aromatic N) is 3. The zero-order chi connectivity index (χ0) is 17.1. The summed E-state index contributed by atoms with van der Waals surface area (Å²) in [5.41, 5.74) is 0.355. The van der Waals surface area contributed by atoms with Gasteiger partial charge in [-0.3, -0.25) is 14.2 Å². The molecular formula is C16H18ClN3O2S. The average Bonchev–Trinajstić information content (AvgIpc) is 2.49. The Morgan fingerprint density at radius 1 is 1.52 bits per heavy atom. The largest absolute Gasteiger partial charge is 0.348 e. The number of aromatic nitrogens is 2. The van der Waals surface area contributed by atoms with E-state index in [0.717, 1.165) is 0 Å². The molecule has 0 aliphatic heterocycles. The molecule has 0 bridgehead atoms. The Labute approximate surface area is 144 Å². The van der Waals surface area contributed by atoms with Crippen molar-refractivity contribution in [1.82, 2.24) is 14.5 Å². The molecule has 5 nitrogen and oxygen atoms in total. The van der Waals surface area contributed by atoms with Gasteiger partial charge in [0.25, 0.3) is 5.56 Å². The molecule has 0 spiro atoms. The molecule has 1 heterocycles. The second-order valence-electron chi connectivity index (χ2n) is 5.25. The van der Waals surface area contributed by atoms with Gasteiger partial charge in [0.15, 0.2) is 5.16 Å². The Morgan fingerprint density at radius 3 is 2.83 bits per heavy atom. The van der Waals surface area contributed by atoms with E-state index in [1.165, 1.54) is 21.2 Å². The SMILES string of the molecule is C=CCn1c(SC(C)C(=O)N(C)C)nc2cc(Cl)ccc2c1=O. The van der Waals surface area contributed by atoms with E-state index in [1.807, 2.05) is 0 Å². The summed E-state index contributed by atoms with van der Waals surface area (Å²) in [6.07, 6.45) is 1.63. The van der Waals surface area contributed by atoms with Crippen LogP contribution < -0.4 is 5.56 Å². The van der Waals surface area contributed by atoms with E-state index in [1.54, 1.807) is 45.3 Å². The van der Waals surface area contributed by atoms with Gasteiger partial charge in [0.1, 0.15) is 0 Å². The molecule has 1 amide bonds. The molecule has 1 aromatic carbocycles. The van der Waals surface area contributed by atoms with Crippen molar-refractivity contribution in [2.45, 2.75) is 23.9 Å². The summed E-state index contributed by atoms with van der Waals surface area (Å²) in [5.74, 6) is -0.0411. The molecular weight excluding hydrogens is 334 g/mol. The Hall–Kier alpha value is -1.79. The van der Waals surface area contributed by atoms with Gasteiger partial charge in [0.2, 0.25) is 5.91 Å². The number of hydrogen-bond donors (Lipinski definition) is 0. The molecule has 122 valence electrons. The molecule has 0 saturated heterocycles. The summed E-state index contributed by atoms with van der Waals surface area (Å²) in [7, 11) is 3.40. The van der Waals surface area contributed by atoms with Gasteiger partial charge in [-0.25, -0.2) is 4.98 Å². The van der Waals surface area contributed by atoms with Crippen LogP contribution in [-0.2, 0) is 11.3 Å². The highest BCUT2D eigenvalue weighted by atomic mass is 35.5. The third-order valence-corrected chi connectivity index (χ3v) is 4.58. The summed E-state index contributed by atoms with van der Waals surface area (Å²) >= 11 is 7.24. The molecule has 1 aromatic heterocycles. The highest BCUT2D eigenvalue weighted by molar-refractivity contribution is 8.00. The van der Waals surface area contributed by atoms with Crippen LogP contribution >= 0.6 is 23.4 Å². The third-order valence-electron chi connectivity index (χ3n) is 3.26. The van der Waals surface area contributed by atoms with Gasteiger partial charge in [-0.2, -0.15) is 0 Å². The predicted octanol–water partition coefficient (Wildman–Crippen LogP) is 2.80. The minimum atomic E-state index is -0.357. The van der Waals surface area contributed by atoms with E-state index in [-0.39, 0.29) is 16.7 Å². The molecule has 0 saturated carbocycles. The lowest BCUT2D eigenvalue weighted by molar-refractivity contribution is -0.127. The topological polar surface area (TPSA) is 55.2 Å². The van der Waals surface area contributed by atoms with E-state index in [0.29, 0.717) is 27.6 Å². The minimum Gasteiger partial charge on any atom is -0.348 e. The second-order valence-corrected chi connectivity index (χ2v) is 7.00. The molecule has 0 aliphatic carbocycles. The molecule has 23 heavy (non-hydrogen) atoms. The van der Waals surface area contributed by atoms with Gasteiger partial charge in [-0.1, -0.05) is 29.4 Å². The zero-order valence-electron chi connectivity index (χ0n) is 13.2. The Morgan fingerprint density at radius 2 is 2.22 bits per heavy atom. The zero-order valence-corrected chi connectivity index (χ0v) is 14.8. The molecule has 7 heteroatoms. The Balaban J connectivity index is 2.56. The summed E-state index contributed by atoms with van der Waals surface area (Å²) < 4.78 is 1.52. The molecule has 1 unspecified atom stereocenters. The van der Waals surface area contributed by atoms with Crippen LogP contribution in [0.15, 0.2) is 40.8 Å². The average molecular weight is 352 g/mol. The lowest BCUT2D eigenvalue weighted by Crippen LogP contribution is -2.31. The van der Waals surface area contributed by atoms with Gasteiger partial charge in [-0.15, -0.1) is 6.58 Å². The van der Waals surface area contributed by atoms with Crippen molar-refractivity contribution in [2.24, 2.45) is 0 Å². The van der Waals surface area contributed by atoms with Gasteiger partial charge < -0.3 is 4.90 Å². The smallest absolute Gasteiger partial charge is 0.262 e. The maximum Gasteiger partial charge on any atom is 0.262 e. The normalized spacial score (nSPS) is 12.2. The fourth-order valence-electron chi connectivity index (χ4n) is 2.13. The first kappa shape index (κ1) is 17.6. The number of rotatable bonds is 5. The van der Waals surface area contributed by atoms with Crippen LogP contribution in [0, 0.1) is 0 Å². The first-order chi connectivity index (χ1) is 10.8. The number of thioether (sulfide) groups is 1. The van der Waals surface area contributed by atoms with Crippen LogP contribution in [0.5, 0.6) is 0 Å². The van der Waals surface area contributed by atoms with Gasteiger partial charge >= 0.3 is 0 Å². The van der Waals surface area contributed by atoms with E-state index in [9.17, 15) is 9.59 Å². The number of amides is 1. The highest BCUT2D eigenvalue weighted by Crippen LogP contribution is 2.24. The van der Waals surface area contributed by atoms with Crippen LogP contribution in [0.1, 0.15) is 6.92 Å². The number of allylic oxidation sites excluding steroid dienone is 1. The molecule has 0 aliphatic rings. The van der Waals surface area contributed by atoms with Crippen LogP contribution in [0.4, 0.5) is 0 Å². The van der Waals surface area contributed by atoms with Crippen molar-refractivity contribution < 1.29 is 4.79 Å². The molecule has 0 radical (unpaired) electrons. The maximum absolute atomic E-state index is 12.7. The second kappa shape index (κ2) is 7.19. The number of carbonyl (C=O) groups excluding carboxylic acids is 1. The van der Waals surface area contributed by atoms with Crippen molar-refractivity contribution in [3.63, 3.8) is 0 Å². The fraction of sp³-hybridized carbons (Fsp3) is 0.312. The number of hydrogen-bond acceptors (Lipinski definition) is 4. The molecule has 0 N–H and O–H groups in total. The summed E-state index contributed by atoms with van der Waals surface area (Å²) in [6.45, 7) is 5.80. The van der Waals surface area contributed by atoms with Crippen LogP contribution in [-0.4, -0.2) is 39.7 Å². The highest BCUT2D eigenvalue weighted by Gasteiger charge is 2.20. The van der Waals surface area contributed by atoms with E-state index in [4.69, 9.17) is 11.6 Å². The first-order valence-corrected chi connectivity index (χ1v) is 8.29. The lowest BCUT2D eigenvalue weighted by atomic mass is 10.2. The van der Waals surface area contributed by atoms with Crippen LogP contribution in [0.3, 0.4) is 0 Å². The van der Waals surface area contributed by atoms with Gasteiger partial charge in [0, 0.05) is 25.7 Å². The monoisotopic (exact) mass is 351 g/mol. The molecule has 2 aromatic rings. The van der Waals surface area contributed by atoms with Crippen molar-refractivity contribution in [3.05, 3.63) is 46.2 Å². The quantitative estimate of drug-likeness (QED) is 0.472. The first-order valence-electron chi connectivity index (χ1n) is 7.04. The van der Waals surface area contributed by atoms with E-state index in [2.05, 4.69) is 11.6 Å². The summed E-state index contributed by atoms with van der Waals surface area (Å²) in [6, 6.07) is 4.98. The number of halogens is 1. The van der Waals surface area contributed by atoms with Crippen LogP contribution in [0.2, 0.25) is 5.02 Å². The molecule has 2 rings (SSSR count). The van der Waals surface area contributed by atoms with Crippen LogP contribution in [0.25, 0.3) is 10.9 Å². The summed E-state index contributed by atoms with van der Waals surface area (Å²) in [4.78, 5) is 30.8. The lowest BCUT2D eigenvalue weighted by Gasteiger charge is -2.18. The van der Waals surface area contributed by atoms with Crippen molar-refractivity contribution in [2.75, 3.05) is 14.1 Å². The van der Waals surface area contributed by atoms with Crippen molar-refractivity contribution in [1.29, 1.82) is 0 Å². The molecule has 1 atom stereocenters. The maximum atomic E-state index is 12.7. The Bertz CT molecular complexity index is 817. The standard InChI is InChI=1S/C16H18ClN3O2S/c1-5-8-20-15(22)12-7-6-11(17)9-13(12)18-16(20)23-10(2)14(21)19(3)4/h5-7,9-10H,1,8H2,2-4H3. The number of fused-ring (bicyclic) bond motifs is 1.